The first-order valence-corrected chi connectivity index (χ1v) is 6.11. The summed E-state index contributed by atoms with van der Waals surface area (Å²) < 4.78 is 38.5. The molecule has 0 aliphatic rings. The zero-order chi connectivity index (χ0) is 15.0. The first kappa shape index (κ1) is 13.4. The Hall–Kier alpha value is -2.63. The second-order valence-electron chi connectivity index (χ2n) is 4.50. The van der Waals surface area contributed by atoms with Gasteiger partial charge >= 0.3 is 6.18 Å². The predicted molar refractivity (Wildman–Crippen MR) is 72.8 cm³/mol. The number of nitrogens with one attached hydrogen (secondary N) is 1. The van der Waals surface area contributed by atoms with Crippen molar-refractivity contribution in [2.75, 3.05) is 0 Å². The largest absolute Gasteiger partial charge is 0.421 e. The van der Waals surface area contributed by atoms with E-state index in [9.17, 15) is 18.0 Å². The van der Waals surface area contributed by atoms with Crippen molar-refractivity contribution in [3.63, 3.8) is 0 Å². The summed E-state index contributed by atoms with van der Waals surface area (Å²) >= 11 is 0. The zero-order valence-electron chi connectivity index (χ0n) is 10.6. The fourth-order valence-electron chi connectivity index (χ4n) is 2.20. The van der Waals surface area contributed by atoms with Crippen molar-refractivity contribution in [1.82, 2.24) is 9.97 Å². The van der Waals surface area contributed by atoms with Gasteiger partial charge in [0.25, 0.3) is 5.56 Å². The van der Waals surface area contributed by atoms with Gasteiger partial charge < -0.3 is 4.98 Å². The van der Waals surface area contributed by atoms with Crippen molar-refractivity contribution in [2.45, 2.75) is 6.18 Å². The minimum absolute atomic E-state index is 0.292. The fraction of sp³-hybridized carbons (Fsp3) is 0.0667. The van der Waals surface area contributed by atoms with Crippen LogP contribution in [0.15, 0.2) is 53.6 Å². The summed E-state index contributed by atoms with van der Waals surface area (Å²) in [4.78, 5) is 17.6. The smallest absolute Gasteiger partial charge is 0.328 e. The predicted octanol–water partition coefficient (Wildman–Crippen LogP) is 3.61. The average Bonchev–Trinajstić information content (AvgIpc) is 2.46. The summed E-state index contributed by atoms with van der Waals surface area (Å²) in [5, 5.41) is 0.722. The highest BCUT2D eigenvalue weighted by Gasteiger charge is 2.34. The Morgan fingerprint density at radius 1 is 1.10 bits per heavy atom. The molecular weight excluding hydrogens is 281 g/mol. The van der Waals surface area contributed by atoms with Crippen LogP contribution < -0.4 is 5.56 Å². The number of rotatable bonds is 1. The highest BCUT2D eigenvalue weighted by Crippen LogP contribution is 2.31. The van der Waals surface area contributed by atoms with Crippen LogP contribution in [0.1, 0.15) is 5.56 Å². The van der Waals surface area contributed by atoms with E-state index < -0.39 is 17.3 Å². The molecule has 0 atom stereocenters. The molecule has 1 N–H and O–H groups in total. The summed E-state index contributed by atoms with van der Waals surface area (Å²) in [7, 11) is 0. The zero-order valence-corrected chi connectivity index (χ0v) is 10.6. The van der Waals surface area contributed by atoms with Gasteiger partial charge in [0.2, 0.25) is 0 Å². The molecular formula is C15H9F3N2O. The molecule has 3 rings (SSSR count). The Morgan fingerprint density at radius 2 is 1.86 bits per heavy atom. The van der Waals surface area contributed by atoms with Gasteiger partial charge in [0, 0.05) is 17.8 Å². The number of halogens is 3. The van der Waals surface area contributed by atoms with Gasteiger partial charge in [-0.3, -0.25) is 9.78 Å². The Balaban J connectivity index is 2.27. The minimum atomic E-state index is -4.69. The summed E-state index contributed by atoms with van der Waals surface area (Å²) in [6.07, 6.45) is -1.89. The van der Waals surface area contributed by atoms with Crippen LogP contribution in [0.5, 0.6) is 0 Å². The van der Waals surface area contributed by atoms with E-state index in [2.05, 4.69) is 9.97 Å². The topological polar surface area (TPSA) is 45.8 Å². The number of hydrogen-bond donors (Lipinski definition) is 1. The molecule has 0 fully saturated rings. The molecule has 0 saturated heterocycles. The van der Waals surface area contributed by atoms with Gasteiger partial charge in [0.1, 0.15) is 5.56 Å². The lowest BCUT2D eigenvalue weighted by Crippen LogP contribution is -2.20. The fourth-order valence-corrected chi connectivity index (χ4v) is 2.20. The van der Waals surface area contributed by atoms with Crippen LogP contribution in [0.25, 0.3) is 22.0 Å². The van der Waals surface area contributed by atoms with Crippen molar-refractivity contribution < 1.29 is 13.2 Å². The molecule has 0 bridgehead atoms. The highest BCUT2D eigenvalue weighted by atomic mass is 19.4. The first-order chi connectivity index (χ1) is 9.97. The maximum atomic E-state index is 12.8. The molecule has 0 radical (unpaired) electrons. The van der Waals surface area contributed by atoms with Crippen LogP contribution in [0, 0.1) is 0 Å². The summed E-state index contributed by atoms with van der Waals surface area (Å²) in [5.41, 5.74) is -0.803. The van der Waals surface area contributed by atoms with Crippen molar-refractivity contribution in [3.8, 4) is 11.1 Å². The van der Waals surface area contributed by atoms with Crippen LogP contribution in [0.4, 0.5) is 13.2 Å². The van der Waals surface area contributed by atoms with Crippen molar-refractivity contribution >= 4 is 10.9 Å². The molecule has 3 aromatic rings. The summed E-state index contributed by atoms with van der Waals surface area (Å²) in [6, 6.07) is 9.61. The van der Waals surface area contributed by atoms with E-state index in [1.807, 2.05) is 0 Å². The molecule has 2 aromatic heterocycles. The van der Waals surface area contributed by atoms with E-state index in [-0.39, 0.29) is 0 Å². The van der Waals surface area contributed by atoms with E-state index >= 15 is 0 Å². The van der Waals surface area contributed by atoms with Crippen LogP contribution in [0.3, 0.4) is 0 Å². The molecule has 106 valence electrons. The Kier molecular flexibility index (Phi) is 3.01. The number of H-pyrrole nitrogens is 1. The summed E-state index contributed by atoms with van der Waals surface area (Å²) in [6.45, 7) is 0. The molecule has 0 spiro atoms. The normalized spacial score (nSPS) is 11.8. The third-order valence-corrected chi connectivity index (χ3v) is 3.17. The van der Waals surface area contributed by atoms with E-state index in [1.165, 1.54) is 12.4 Å². The number of benzene rings is 1. The van der Waals surface area contributed by atoms with Crippen LogP contribution >= 0.6 is 0 Å². The molecule has 0 unspecified atom stereocenters. The maximum Gasteiger partial charge on any atom is 0.421 e. The van der Waals surface area contributed by atoms with E-state index in [0.29, 0.717) is 16.6 Å². The number of alkyl halides is 3. The molecule has 3 nitrogen and oxygen atoms in total. The second-order valence-corrected chi connectivity index (χ2v) is 4.50. The minimum Gasteiger partial charge on any atom is -0.328 e. The number of aromatic amines is 1. The van der Waals surface area contributed by atoms with E-state index in [4.69, 9.17) is 0 Å². The van der Waals surface area contributed by atoms with Crippen molar-refractivity contribution in [1.29, 1.82) is 0 Å². The lowest BCUT2D eigenvalue weighted by Gasteiger charge is -2.09. The Bertz CT molecular complexity index is 863. The SMILES string of the molecule is O=c1[nH]cc(-c2ccnc3ccccc23)cc1C(F)(F)F. The maximum absolute atomic E-state index is 12.8. The van der Waals surface area contributed by atoms with E-state index in [0.717, 1.165) is 11.5 Å². The standard InChI is InChI=1S/C15H9F3N2O/c16-15(17,18)12-7-9(8-20-14(12)21)10-5-6-19-13-4-2-1-3-11(10)13/h1-8H,(H,20,21). The molecule has 0 aliphatic heterocycles. The molecule has 21 heavy (non-hydrogen) atoms. The molecule has 2 heterocycles. The van der Waals surface area contributed by atoms with Gasteiger partial charge in [-0.2, -0.15) is 13.2 Å². The van der Waals surface area contributed by atoms with Crippen molar-refractivity contribution in [3.05, 3.63) is 64.7 Å². The number of hydrogen-bond acceptors (Lipinski definition) is 2. The average molecular weight is 290 g/mol. The first-order valence-electron chi connectivity index (χ1n) is 6.11. The third kappa shape index (κ3) is 2.40. The lowest BCUT2D eigenvalue weighted by atomic mass is 10.0. The highest BCUT2D eigenvalue weighted by molar-refractivity contribution is 5.94. The number of para-hydroxylation sites is 1. The lowest BCUT2D eigenvalue weighted by molar-refractivity contribution is -0.138. The van der Waals surface area contributed by atoms with Crippen molar-refractivity contribution in [2.24, 2.45) is 0 Å². The van der Waals surface area contributed by atoms with Crippen LogP contribution in [0.2, 0.25) is 0 Å². The molecule has 1 aromatic carbocycles. The number of nitrogens with zero attached hydrogens (tertiary/aromatic N) is 1. The Labute approximate surface area is 117 Å². The van der Waals surface area contributed by atoms with Crippen LogP contribution in [-0.2, 0) is 6.18 Å². The van der Waals surface area contributed by atoms with Crippen LogP contribution in [-0.4, -0.2) is 9.97 Å². The molecule has 0 amide bonds. The van der Waals surface area contributed by atoms with Gasteiger partial charge in [-0.05, 0) is 29.3 Å². The van der Waals surface area contributed by atoms with Gasteiger partial charge in [-0.1, -0.05) is 18.2 Å². The van der Waals surface area contributed by atoms with Gasteiger partial charge in [-0.15, -0.1) is 0 Å². The molecule has 0 aliphatic carbocycles. The van der Waals surface area contributed by atoms with Gasteiger partial charge in [0.15, 0.2) is 0 Å². The summed E-state index contributed by atoms with van der Waals surface area (Å²) in [5.74, 6) is 0. The number of aromatic nitrogens is 2. The van der Waals surface area contributed by atoms with Gasteiger partial charge in [0.05, 0.1) is 5.52 Å². The molecule has 0 saturated carbocycles. The Morgan fingerprint density at radius 3 is 2.62 bits per heavy atom. The van der Waals surface area contributed by atoms with Gasteiger partial charge in [-0.25, -0.2) is 0 Å². The number of fused-ring (bicyclic) bond motifs is 1. The second kappa shape index (κ2) is 4.73. The monoisotopic (exact) mass is 290 g/mol. The quantitative estimate of drug-likeness (QED) is 0.744. The van der Waals surface area contributed by atoms with E-state index in [1.54, 1.807) is 30.3 Å². The number of pyridine rings is 2. The molecule has 6 heteroatoms. The third-order valence-electron chi connectivity index (χ3n) is 3.17.